The van der Waals surface area contributed by atoms with Crippen LogP contribution in [0.25, 0.3) is 5.57 Å². The highest BCUT2D eigenvalue weighted by molar-refractivity contribution is 7.86. The fourth-order valence-corrected chi connectivity index (χ4v) is 3.51. The van der Waals surface area contributed by atoms with Crippen molar-refractivity contribution in [2.24, 2.45) is 0 Å². The van der Waals surface area contributed by atoms with Crippen LogP contribution in [0.3, 0.4) is 0 Å². The molecule has 0 spiro atoms. The molecule has 0 saturated carbocycles. The molecule has 0 unspecified atom stereocenters. The summed E-state index contributed by atoms with van der Waals surface area (Å²) in [7, 11) is -4.45. The summed E-state index contributed by atoms with van der Waals surface area (Å²) in [4.78, 5) is 11.2. The molecular formula is C20H16O5S. The molecule has 6 heteroatoms. The van der Waals surface area contributed by atoms with Gasteiger partial charge in [-0.2, -0.15) is 8.42 Å². The predicted molar refractivity (Wildman–Crippen MR) is 98.4 cm³/mol. The minimum absolute atomic E-state index is 0.117. The predicted octanol–water partition coefficient (Wildman–Crippen LogP) is 3.44. The third-order valence-corrected chi connectivity index (χ3v) is 4.97. The molecule has 5 nitrogen and oxygen atoms in total. The van der Waals surface area contributed by atoms with Crippen molar-refractivity contribution < 1.29 is 22.9 Å². The highest BCUT2D eigenvalue weighted by Crippen LogP contribution is 2.35. The maximum Gasteiger partial charge on any atom is 0.295 e. The van der Waals surface area contributed by atoms with Crippen LogP contribution in [0.15, 0.2) is 77.2 Å². The maximum atomic E-state index is 11.8. The molecule has 132 valence electrons. The van der Waals surface area contributed by atoms with Crippen LogP contribution in [0.1, 0.15) is 16.7 Å². The summed E-state index contributed by atoms with van der Waals surface area (Å²) in [6, 6.07) is 11.0. The maximum absolute atomic E-state index is 11.8. The van der Waals surface area contributed by atoms with Gasteiger partial charge in [-0.15, -0.1) is 0 Å². The molecule has 0 fully saturated rings. The Labute approximate surface area is 151 Å². The van der Waals surface area contributed by atoms with E-state index in [4.69, 9.17) is 0 Å². The van der Waals surface area contributed by atoms with Gasteiger partial charge in [-0.3, -0.25) is 9.35 Å². The van der Waals surface area contributed by atoms with Gasteiger partial charge in [0, 0.05) is 5.56 Å². The molecule has 2 aromatic carbocycles. The van der Waals surface area contributed by atoms with Crippen molar-refractivity contribution >= 4 is 21.5 Å². The van der Waals surface area contributed by atoms with Gasteiger partial charge >= 0.3 is 0 Å². The lowest BCUT2D eigenvalue weighted by Crippen LogP contribution is -2.05. The van der Waals surface area contributed by atoms with Crippen LogP contribution in [0.5, 0.6) is 5.75 Å². The van der Waals surface area contributed by atoms with E-state index in [0.717, 1.165) is 0 Å². The van der Waals surface area contributed by atoms with Crippen molar-refractivity contribution in [1.82, 2.24) is 0 Å². The molecule has 2 N–H and O–H groups in total. The largest absolute Gasteiger partial charge is 0.508 e. The number of aromatic hydroxyl groups is 1. The molecule has 0 heterocycles. The van der Waals surface area contributed by atoms with Gasteiger partial charge < -0.3 is 5.11 Å². The second-order valence-corrected chi connectivity index (χ2v) is 7.26. The standard InChI is InChI=1S/C20H16O5S/c1-13-12-15(8-11-18(13)22)20(14-6-9-16(21)10-7-14)17-4-2-3-5-19(17)26(23,24)25/h2-12,22H,1H3,(H,23,24,25). The van der Waals surface area contributed by atoms with E-state index in [9.17, 15) is 22.9 Å². The van der Waals surface area contributed by atoms with Gasteiger partial charge in [0.05, 0.1) is 0 Å². The lowest BCUT2D eigenvalue weighted by atomic mass is 9.90. The number of carbonyl (C=O) groups is 1. The zero-order valence-electron chi connectivity index (χ0n) is 13.9. The van der Waals surface area contributed by atoms with Crippen LogP contribution in [0.2, 0.25) is 0 Å². The SMILES string of the molecule is Cc1cc(C(=C2C=CC(=O)C=C2)c2ccccc2S(=O)(=O)O)ccc1O. The van der Waals surface area contributed by atoms with Gasteiger partial charge in [0.1, 0.15) is 10.6 Å². The van der Waals surface area contributed by atoms with Gasteiger partial charge in [0.2, 0.25) is 0 Å². The van der Waals surface area contributed by atoms with Gasteiger partial charge in [0.15, 0.2) is 5.78 Å². The quantitative estimate of drug-likeness (QED) is 0.810. The summed E-state index contributed by atoms with van der Waals surface area (Å²) in [5.41, 5.74) is 2.71. The Bertz CT molecular complexity index is 1070. The normalized spacial score (nSPS) is 13.9. The van der Waals surface area contributed by atoms with E-state index in [2.05, 4.69) is 0 Å². The summed E-state index contributed by atoms with van der Waals surface area (Å²) in [6.07, 6.45) is 5.97. The van der Waals surface area contributed by atoms with Crippen molar-refractivity contribution in [1.29, 1.82) is 0 Å². The molecule has 0 atom stereocenters. The first-order chi connectivity index (χ1) is 12.3. The summed E-state index contributed by atoms with van der Waals surface area (Å²) < 4.78 is 33.3. The Morgan fingerprint density at radius 2 is 1.62 bits per heavy atom. The smallest absolute Gasteiger partial charge is 0.295 e. The molecule has 0 bridgehead atoms. The number of hydrogen-bond donors (Lipinski definition) is 2. The molecule has 0 saturated heterocycles. The summed E-state index contributed by atoms with van der Waals surface area (Å²) in [5.74, 6) is -0.0517. The highest BCUT2D eigenvalue weighted by atomic mass is 32.2. The number of phenolic OH excluding ortho intramolecular Hbond substituents is 1. The van der Waals surface area contributed by atoms with E-state index >= 15 is 0 Å². The van der Waals surface area contributed by atoms with Crippen LogP contribution < -0.4 is 0 Å². The van der Waals surface area contributed by atoms with Crippen molar-refractivity contribution in [2.45, 2.75) is 11.8 Å². The van der Waals surface area contributed by atoms with E-state index < -0.39 is 10.1 Å². The average molecular weight is 368 g/mol. The molecule has 26 heavy (non-hydrogen) atoms. The number of benzene rings is 2. The van der Waals surface area contributed by atoms with Crippen LogP contribution in [-0.4, -0.2) is 23.9 Å². The Balaban J connectivity index is 2.36. The van der Waals surface area contributed by atoms with E-state index in [1.165, 1.54) is 30.4 Å². The summed E-state index contributed by atoms with van der Waals surface area (Å²) in [5, 5.41) is 9.80. The highest BCUT2D eigenvalue weighted by Gasteiger charge is 2.21. The number of aryl methyl sites for hydroxylation is 1. The zero-order chi connectivity index (χ0) is 18.9. The number of hydrogen-bond acceptors (Lipinski definition) is 4. The van der Waals surface area contributed by atoms with E-state index in [0.29, 0.717) is 27.8 Å². The minimum atomic E-state index is -4.45. The number of allylic oxidation sites excluding steroid dienone is 5. The summed E-state index contributed by atoms with van der Waals surface area (Å²) in [6.45, 7) is 1.73. The number of phenols is 1. The second-order valence-electron chi connectivity index (χ2n) is 5.87. The van der Waals surface area contributed by atoms with E-state index in [1.54, 1.807) is 43.3 Å². The molecule has 1 aliphatic carbocycles. The second kappa shape index (κ2) is 6.74. The van der Waals surface area contributed by atoms with Crippen molar-refractivity contribution in [2.75, 3.05) is 0 Å². The van der Waals surface area contributed by atoms with Crippen molar-refractivity contribution in [3.63, 3.8) is 0 Å². The molecule has 1 aliphatic rings. The summed E-state index contributed by atoms with van der Waals surface area (Å²) >= 11 is 0. The first-order valence-corrected chi connectivity index (χ1v) is 9.22. The number of carbonyl (C=O) groups excluding carboxylic acids is 1. The van der Waals surface area contributed by atoms with Crippen molar-refractivity contribution in [3.8, 4) is 5.75 Å². The Morgan fingerprint density at radius 3 is 2.23 bits per heavy atom. The molecule has 0 radical (unpaired) electrons. The lowest BCUT2D eigenvalue weighted by molar-refractivity contribution is -0.110. The van der Waals surface area contributed by atoms with E-state index in [1.807, 2.05) is 0 Å². The van der Waals surface area contributed by atoms with E-state index in [-0.39, 0.29) is 16.4 Å². The van der Waals surface area contributed by atoms with Crippen molar-refractivity contribution in [3.05, 3.63) is 89.0 Å². The van der Waals surface area contributed by atoms with Gasteiger partial charge in [-0.05, 0) is 59.5 Å². The van der Waals surface area contributed by atoms with Crippen LogP contribution in [0, 0.1) is 6.92 Å². The Morgan fingerprint density at radius 1 is 0.962 bits per heavy atom. The molecule has 0 amide bonds. The Kier molecular flexibility index (Phi) is 4.63. The average Bonchev–Trinajstić information content (AvgIpc) is 2.59. The fraction of sp³-hybridized carbons (Fsp3) is 0.0500. The number of rotatable bonds is 3. The molecule has 3 rings (SSSR count). The molecule has 0 aromatic heterocycles. The first-order valence-electron chi connectivity index (χ1n) is 7.78. The fourth-order valence-electron chi connectivity index (χ4n) is 2.81. The molecular weight excluding hydrogens is 352 g/mol. The van der Waals surface area contributed by atoms with Gasteiger partial charge in [-0.1, -0.05) is 36.4 Å². The van der Waals surface area contributed by atoms with Crippen LogP contribution in [0.4, 0.5) is 0 Å². The van der Waals surface area contributed by atoms with Crippen LogP contribution >= 0.6 is 0 Å². The topological polar surface area (TPSA) is 91.7 Å². The zero-order valence-corrected chi connectivity index (χ0v) is 14.7. The third-order valence-electron chi connectivity index (χ3n) is 4.06. The lowest BCUT2D eigenvalue weighted by Gasteiger charge is -2.16. The minimum Gasteiger partial charge on any atom is -0.508 e. The monoisotopic (exact) mass is 368 g/mol. The van der Waals surface area contributed by atoms with Gasteiger partial charge in [-0.25, -0.2) is 0 Å². The molecule has 2 aromatic rings. The Hall–Kier alpha value is -2.96. The van der Waals surface area contributed by atoms with Gasteiger partial charge in [0.25, 0.3) is 10.1 Å². The first kappa shape index (κ1) is 17.8. The molecule has 0 aliphatic heterocycles. The third kappa shape index (κ3) is 3.51. The van der Waals surface area contributed by atoms with Crippen LogP contribution in [-0.2, 0) is 14.9 Å². The number of ketones is 1.